The van der Waals surface area contributed by atoms with E-state index in [1.54, 1.807) is 6.07 Å². The molecule has 110 valence electrons. The number of halogens is 2. The van der Waals surface area contributed by atoms with E-state index in [1.165, 1.54) is 12.1 Å². The summed E-state index contributed by atoms with van der Waals surface area (Å²) >= 11 is 5.93. The van der Waals surface area contributed by atoms with Crippen molar-refractivity contribution in [2.45, 2.75) is 13.1 Å². The molecule has 0 radical (unpaired) electrons. The summed E-state index contributed by atoms with van der Waals surface area (Å²) in [6.07, 6.45) is 0. The standard InChI is InChI=1S/C16H15ClFNO2/c1-19(9-11-3-2-4-13(17)7-11)10-12-5-6-14(16(20)21)15(18)8-12/h2-8H,9-10H2,1H3,(H,20,21). The van der Waals surface area contributed by atoms with Gasteiger partial charge in [-0.25, -0.2) is 9.18 Å². The number of carbonyl (C=O) groups is 1. The zero-order chi connectivity index (χ0) is 15.4. The first-order chi connectivity index (χ1) is 9.95. The molecule has 0 heterocycles. The molecule has 2 rings (SSSR count). The number of benzene rings is 2. The lowest BCUT2D eigenvalue weighted by Crippen LogP contribution is -2.17. The van der Waals surface area contributed by atoms with Crippen LogP contribution in [-0.4, -0.2) is 23.0 Å². The molecule has 21 heavy (non-hydrogen) atoms. The van der Waals surface area contributed by atoms with E-state index in [9.17, 15) is 9.18 Å². The van der Waals surface area contributed by atoms with Crippen LogP contribution in [0.15, 0.2) is 42.5 Å². The van der Waals surface area contributed by atoms with E-state index in [2.05, 4.69) is 0 Å². The first kappa shape index (κ1) is 15.5. The number of rotatable bonds is 5. The van der Waals surface area contributed by atoms with Gasteiger partial charge in [0.1, 0.15) is 5.82 Å². The zero-order valence-corrected chi connectivity index (χ0v) is 12.3. The molecular formula is C16H15ClFNO2. The summed E-state index contributed by atoms with van der Waals surface area (Å²) in [5.74, 6) is -1.97. The molecule has 1 N–H and O–H groups in total. The zero-order valence-electron chi connectivity index (χ0n) is 11.5. The molecule has 0 aliphatic heterocycles. The maximum atomic E-state index is 13.6. The lowest BCUT2D eigenvalue weighted by atomic mass is 10.1. The van der Waals surface area contributed by atoms with Crippen molar-refractivity contribution in [1.82, 2.24) is 4.90 Å². The Labute approximate surface area is 127 Å². The van der Waals surface area contributed by atoms with Crippen LogP contribution in [-0.2, 0) is 13.1 Å². The molecule has 0 fully saturated rings. The molecule has 2 aromatic rings. The van der Waals surface area contributed by atoms with Gasteiger partial charge < -0.3 is 5.11 Å². The van der Waals surface area contributed by atoms with Crippen molar-refractivity contribution < 1.29 is 14.3 Å². The average Bonchev–Trinajstić information content (AvgIpc) is 2.38. The van der Waals surface area contributed by atoms with Crippen LogP contribution < -0.4 is 0 Å². The minimum atomic E-state index is -1.26. The molecule has 0 unspecified atom stereocenters. The van der Waals surface area contributed by atoms with E-state index < -0.39 is 11.8 Å². The summed E-state index contributed by atoms with van der Waals surface area (Å²) in [7, 11) is 1.91. The van der Waals surface area contributed by atoms with Crippen molar-refractivity contribution in [3.63, 3.8) is 0 Å². The molecule has 0 aliphatic rings. The van der Waals surface area contributed by atoms with E-state index in [-0.39, 0.29) is 5.56 Å². The summed E-state index contributed by atoms with van der Waals surface area (Å²) in [4.78, 5) is 12.8. The summed E-state index contributed by atoms with van der Waals surface area (Å²) < 4.78 is 13.6. The maximum Gasteiger partial charge on any atom is 0.338 e. The van der Waals surface area contributed by atoms with Gasteiger partial charge in [0.05, 0.1) is 5.56 Å². The van der Waals surface area contributed by atoms with Gasteiger partial charge in [-0.1, -0.05) is 29.8 Å². The molecule has 0 saturated carbocycles. The first-order valence-electron chi connectivity index (χ1n) is 6.40. The number of aromatic carboxylic acids is 1. The number of carboxylic acid groups (broad SMARTS) is 1. The van der Waals surface area contributed by atoms with Gasteiger partial charge in [0.25, 0.3) is 0 Å². The Morgan fingerprint density at radius 1 is 1.19 bits per heavy atom. The van der Waals surface area contributed by atoms with Crippen LogP contribution in [0.3, 0.4) is 0 Å². The smallest absolute Gasteiger partial charge is 0.338 e. The Kier molecular flexibility index (Phi) is 4.94. The lowest BCUT2D eigenvalue weighted by Gasteiger charge is -2.17. The molecule has 0 saturated heterocycles. The fourth-order valence-corrected chi connectivity index (χ4v) is 2.36. The number of hydrogen-bond donors (Lipinski definition) is 1. The molecule has 0 spiro atoms. The van der Waals surface area contributed by atoms with Crippen molar-refractivity contribution in [3.8, 4) is 0 Å². The minimum absolute atomic E-state index is 0.309. The second-order valence-electron chi connectivity index (χ2n) is 4.92. The summed E-state index contributed by atoms with van der Waals surface area (Å²) in [5.41, 5.74) is 1.48. The molecule has 5 heteroatoms. The molecule has 0 aliphatic carbocycles. The highest BCUT2D eigenvalue weighted by atomic mass is 35.5. The van der Waals surface area contributed by atoms with E-state index in [0.717, 1.165) is 11.1 Å². The lowest BCUT2D eigenvalue weighted by molar-refractivity contribution is 0.0692. The van der Waals surface area contributed by atoms with Gasteiger partial charge in [0.15, 0.2) is 0 Å². The first-order valence-corrected chi connectivity index (χ1v) is 6.78. The molecular weight excluding hydrogens is 293 g/mol. The minimum Gasteiger partial charge on any atom is -0.478 e. The second kappa shape index (κ2) is 6.70. The Balaban J connectivity index is 2.04. The number of hydrogen-bond acceptors (Lipinski definition) is 2. The number of nitrogens with zero attached hydrogens (tertiary/aromatic N) is 1. The van der Waals surface area contributed by atoms with Crippen LogP contribution >= 0.6 is 11.6 Å². The topological polar surface area (TPSA) is 40.5 Å². The van der Waals surface area contributed by atoms with Crippen LogP contribution in [0.25, 0.3) is 0 Å². The maximum absolute atomic E-state index is 13.6. The molecule has 3 nitrogen and oxygen atoms in total. The largest absolute Gasteiger partial charge is 0.478 e. The van der Waals surface area contributed by atoms with Crippen molar-refractivity contribution in [2.75, 3.05) is 7.05 Å². The highest BCUT2D eigenvalue weighted by Crippen LogP contribution is 2.15. The van der Waals surface area contributed by atoms with E-state index in [1.807, 2.05) is 36.2 Å². The Hall–Kier alpha value is -1.91. The summed E-state index contributed by atoms with van der Waals surface area (Å²) in [6.45, 7) is 1.19. The van der Waals surface area contributed by atoms with Gasteiger partial charge in [0.2, 0.25) is 0 Å². The Morgan fingerprint density at radius 2 is 1.86 bits per heavy atom. The third-order valence-electron chi connectivity index (χ3n) is 3.06. The highest BCUT2D eigenvalue weighted by molar-refractivity contribution is 6.30. The molecule has 0 amide bonds. The molecule has 0 bridgehead atoms. The Bertz CT molecular complexity index is 660. The van der Waals surface area contributed by atoms with Crippen molar-refractivity contribution >= 4 is 17.6 Å². The van der Waals surface area contributed by atoms with Gasteiger partial charge in [-0.2, -0.15) is 0 Å². The van der Waals surface area contributed by atoms with E-state index in [4.69, 9.17) is 16.7 Å². The third kappa shape index (κ3) is 4.28. The predicted octanol–water partition coefficient (Wildman–Crippen LogP) is 3.81. The van der Waals surface area contributed by atoms with Crippen LogP contribution in [0.2, 0.25) is 5.02 Å². The predicted molar refractivity (Wildman–Crippen MR) is 80.0 cm³/mol. The monoisotopic (exact) mass is 307 g/mol. The fourth-order valence-electron chi connectivity index (χ4n) is 2.14. The van der Waals surface area contributed by atoms with Crippen molar-refractivity contribution in [3.05, 3.63) is 70.0 Å². The highest BCUT2D eigenvalue weighted by Gasteiger charge is 2.11. The van der Waals surface area contributed by atoms with Crippen molar-refractivity contribution in [2.24, 2.45) is 0 Å². The quantitative estimate of drug-likeness (QED) is 0.913. The van der Waals surface area contributed by atoms with E-state index in [0.29, 0.717) is 18.1 Å². The van der Waals surface area contributed by atoms with Gasteiger partial charge in [-0.15, -0.1) is 0 Å². The van der Waals surface area contributed by atoms with Crippen LogP contribution in [0.1, 0.15) is 21.5 Å². The van der Waals surface area contributed by atoms with Crippen LogP contribution in [0, 0.1) is 5.82 Å². The number of carboxylic acids is 1. The molecule has 0 atom stereocenters. The van der Waals surface area contributed by atoms with E-state index >= 15 is 0 Å². The van der Waals surface area contributed by atoms with Gasteiger partial charge >= 0.3 is 5.97 Å². The van der Waals surface area contributed by atoms with Crippen molar-refractivity contribution in [1.29, 1.82) is 0 Å². The van der Waals surface area contributed by atoms with Gasteiger partial charge in [0, 0.05) is 18.1 Å². The Morgan fingerprint density at radius 3 is 2.43 bits per heavy atom. The van der Waals surface area contributed by atoms with Gasteiger partial charge in [-0.3, -0.25) is 4.90 Å². The fraction of sp³-hybridized carbons (Fsp3) is 0.188. The second-order valence-corrected chi connectivity index (χ2v) is 5.36. The molecule has 0 aromatic heterocycles. The molecule has 2 aromatic carbocycles. The normalized spacial score (nSPS) is 10.9. The SMILES string of the molecule is CN(Cc1cccc(Cl)c1)Cc1ccc(C(=O)O)c(F)c1. The van der Waals surface area contributed by atoms with Gasteiger partial charge in [-0.05, 0) is 42.4 Å². The third-order valence-corrected chi connectivity index (χ3v) is 3.29. The summed E-state index contributed by atoms with van der Waals surface area (Å²) in [5, 5.41) is 9.47. The van der Waals surface area contributed by atoms with Crippen LogP contribution in [0.5, 0.6) is 0 Å². The average molecular weight is 308 g/mol. The van der Waals surface area contributed by atoms with Crippen LogP contribution in [0.4, 0.5) is 4.39 Å². The summed E-state index contributed by atoms with van der Waals surface area (Å²) in [6, 6.07) is 11.7.